The van der Waals surface area contributed by atoms with Gasteiger partial charge in [0.15, 0.2) is 0 Å². The molecule has 0 bridgehead atoms. The molecule has 132 valence electrons. The maximum absolute atomic E-state index is 12.4. The lowest BCUT2D eigenvalue weighted by atomic mass is 10.2. The van der Waals surface area contributed by atoms with Gasteiger partial charge in [0.05, 0.1) is 10.5 Å². The van der Waals surface area contributed by atoms with Gasteiger partial charge < -0.3 is 11.1 Å². The summed E-state index contributed by atoms with van der Waals surface area (Å²) in [4.78, 5) is 16.0. The molecule has 0 aliphatic carbocycles. The van der Waals surface area contributed by atoms with Crippen LogP contribution < -0.4 is 15.8 Å². The molecule has 0 saturated carbocycles. The molecule has 0 fully saturated rings. The van der Waals surface area contributed by atoms with Gasteiger partial charge in [-0.2, -0.15) is 0 Å². The number of anilines is 3. The highest BCUT2D eigenvalue weighted by molar-refractivity contribution is 7.92. The quantitative estimate of drug-likeness (QED) is 0.599. The number of nitrogens with zero attached hydrogens (tertiary/aromatic N) is 1. The number of sulfonamides is 1. The molecule has 0 aliphatic heterocycles. The summed E-state index contributed by atoms with van der Waals surface area (Å²) in [6, 6.07) is 15.5. The maximum atomic E-state index is 12.4. The van der Waals surface area contributed by atoms with Crippen molar-refractivity contribution < 1.29 is 13.2 Å². The zero-order chi connectivity index (χ0) is 18.6. The van der Waals surface area contributed by atoms with Gasteiger partial charge in [0, 0.05) is 29.5 Å². The fraction of sp³-hybridized carbons (Fsp3) is 0. The fourth-order valence-electron chi connectivity index (χ4n) is 2.18. The number of nitrogen functional groups attached to an aromatic ring is 1. The van der Waals surface area contributed by atoms with E-state index in [1.54, 1.807) is 42.6 Å². The highest BCUT2D eigenvalue weighted by Crippen LogP contribution is 2.19. The number of hydrogen-bond donors (Lipinski definition) is 3. The Labute approximate surface area is 150 Å². The van der Waals surface area contributed by atoms with Gasteiger partial charge in [-0.25, -0.2) is 8.42 Å². The van der Waals surface area contributed by atoms with Crippen LogP contribution in [0, 0.1) is 0 Å². The molecule has 4 N–H and O–H groups in total. The molecule has 3 rings (SSSR count). The van der Waals surface area contributed by atoms with E-state index in [-0.39, 0.29) is 10.8 Å². The molecule has 8 heteroatoms. The minimum atomic E-state index is -3.74. The molecule has 0 aliphatic rings. The number of carbonyl (C=O) groups is 1. The Balaban J connectivity index is 1.72. The van der Waals surface area contributed by atoms with Crippen molar-refractivity contribution in [2.45, 2.75) is 4.90 Å². The van der Waals surface area contributed by atoms with E-state index in [9.17, 15) is 13.2 Å². The van der Waals surface area contributed by atoms with Crippen molar-refractivity contribution in [2.24, 2.45) is 0 Å². The van der Waals surface area contributed by atoms with Crippen LogP contribution in [-0.2, 0) is 10.0 Å². The molecule has 0 saturated heterocycles. The Morgan fingerprint density at radius 1 is 0.923 bits per heavy atom. The summed E-state index contributed by atoms with van der Waals surface area (Å²) in [6.07, 6.45) is 3.02. The van der Waals surface area contributed by atoms with Crippen LogP contribution in [0.15, 0.2) is 78.0 Å². The summed E-state index contributed by atoms with van der Waals surface area (Å²) in [6.45, 7) is 0. The number of nitrogens with one attached hydrogen (secondary N) is 2. The van der Waals surface area contributed by atoms with Crippen LogP contribution in [0.25, 0.3) is 0 Å². The molecular weight excluding hydrogens is 352 g/mol. The molecule has 0 atom stereocenters. The van der Waals surface area contributed by atoms with Crippen LogP contribution in [0.1, 0.15) is 10.4 Å². The second-order valence-corrected chi connectivity index (χ2v) is 7.13. The van der Waals surface area contributed by atoms with Crippen molar-refractivity contribution in [2.75, 3.05) is 15.8 Å². The van der Waals surface area contributed by atoms with Crippen molar-refractivity contribution in [3.63, 3.8) is 0 Å². The third-order valence-corrected chi connectivity index (χ3v) is 4.91. The first-order valence-corrected chi connectivity index (χ1v) is 9.12. The number of rotatable bonds is 5. The van der Waals surface area contributed by atoms with Gasteiger partial charge in [-0.15, -0.1) is 0 Å². The summed E-state index contributed by atoms with van der Waals surface area (Å²) in [5.41, 5.74) is 7.43. The van der Waals surface area contributed by atoms with E-state index in [0.29, 0.717) is 22.6 Å². The lowest BCUT2D eigenvalue weighted by Crippen LogP contribution is -2.14. The SMILES string of the molecule is Nc1ccc(NS(=O)(=O)c2ccc(NC(=O)c3cccnc3)cc2)cc1. The zero-order valence-corrected chi connectivity index (χ0v) is 14.4. The van der Waals surface area contributed by atoms with Crippen LogP contribution in [0.4, 0.5) is 17.1 Å². The second-order valence-electron chi connectivity index (χ2n) is 5.45. The van der Waals surface area contributed by atoms with Gasteiger partial charge in [-0.3, -0.25) is 14.5 Å². The molecule has 1 heterocycles. The summed E-state index contributed by atoms with van der Waals surface area (Å²) in [5.74, 6) is -0.325. The number of pyridine rings is 1. The zero-order valence-electron chi connectivity index (χ0n) is 13.6. The van der Waals surface area contributed by atoms with Crippen LogP contribution >= 0.6 is 0 Å². The van der Waals surface area contributed by atoms with Crippen molar-refractivity contribution in [3.8, 4) is 0 Å². The van der Waals surface area contributed by atoms with E-state index in [0.717, 1.165) is 0 Å². The fourth-order valence-corrected chi connectivity index (χ4v) is 3.24. The number of nitrogens with two attached hydrogens (primary N) is 1. The largest absolute Gasteiger partial charge is 0.399 e. The van der Waals surface area contributed by atoms with E-state index < -0.39 is 10.0 Å². The van der Waals surface area contributed by atoms with Crippen LogP contribution in [0.3, 0.4) is 0 Å². The molecule has 0 unspecified atom stereocenters. The summed E-state index contributed by atoms with van der Waals surface area (Å²) >= 11 is 0. The lowest BCUT2D eigenvalue weighted by molar-refractivity contribution is 0.102. The summed E-state index contributed by atoms with van der Waals surface area (Å²) in [5, 5.41) is 2.68. The Kier molecular flexibility index (Phi) is 4.85. The van der Waals surface area contributed by atoms with Crippen molar-refractivity contribution in [3.05, 3.63) is 78.6 Å². The Bertz CT molecular complexity index is 1000. The Morgan fingerprint density at radius 3 is 2.19 bits per heavy atom. The first-order valence-electron chi connectivity index (χ1n) is 7.64. The van der Waals surface area contributed by atoms with E-state index in [4.69, 9.17) is 5.73 Å². The average Bonchev–Trinajstić information content (AvgIpc) is 2.64. The number of amides is 1. The Hall–Kier alpha value is -3.39. The molecule has 3 aromatic rings. The predicted molar refractivity (Wildman–Crippen MR) is 100 cm³/mol. The predicted octanol–water partition coefficient (Wildman–Crippen LogP) is 2.72. The molecule has 0 spiro atoms. The smallest absolute Gasteiger partial charge is 0.261 e. The highest BCUT2D eigenvalue weighted by Gasteiger charge is 2.14. The standard InChI is InChI=1S/C18H16N4O3S/c19-14-3-5-16(6-4-14)22-26(24,25)17-9-7-15(8-10-17)21-18(23)13-2-1-11-20-12-13/h1-12,22H,19H2,(H,21,23). The minimum Gasteiger partial charge on any atom is -0.399 e. The monoisotopic (exact) mass is 368 g/mol. The summed E-state index contributed by atoms with van der Waals surface area (Å²) < 4.78 is 27.3. The highest BCUT2D eigenvalue weighted by atomic mass is 32.2. The van der Waals surface area contributed by atoms with Gasteiger partial charge in [-0.05, 0) is 60.7 Å². The topological polar surface area (TPSA) is 114 Å². The number of benzene rings is 2. The second kappa shape index (κ2) is 7.24. The molecule has 26 heavy (non-hydrogen) atoms. The molecule has 1 aromatic heterocycles. The van der Waals surface area contributed by atoms with Crippen LogP contribution in [0.2, 0.25) is 0 Å². The van der Waals surface area contributed by atoms with E-state index in [2.05, 4.69) is 15.0 Å². The molecule has 7 nitrogen and oxygen atoms in total. The van der Waals surface area contributed by atoms with Crippen LogP contribution in [0.5, 0.6) is 0 Å². The van der Waals surface area contributed by atoms with Gasteiger partial charge in [0.2, 0.25) is 0 Å². The number of hydrogen-bond acceptors (Lipinski definition) is 5. The molecular formula is C18H16N4O3S. The van der Waals surface area contributed by atoms with Gasteiger partial charge in [-0.1, -0.05) is 0 Å². The van der Waals surface area contributed by atoms with E-state index in [1.807, 2.05) is 0 Å². The third kappa shape index (κ3) is 4.17. The molecule has 1 amide bonds. The Morgan fingerprint density at radius 2 is 1.58 bits per heavy atom. The van der Waals surface area contributed by atoms with Crippen LogP contribution in [-0.4, -0.2) is 19.3 Å². The number of carbonyl (C=O) groups excluding carboxylic acids is 1. The average molecular weight is 368 g/mol. The minimum absolute atomic E-state index is 0.0775. The molecule has 2 aromatic carbocycles. The maximum Gasteiger partial charge on any atom is 0.261 e. The normalized spacial score (nSPS) is 10.9. The third-order valence-electron chi connectivity index (χ3n) is 3.51. The van der Waals surface area contributed by atoms with Crippen molar-refractivity contribution >= 4 is 33.0 Å². The number of aromatic nitrogens is 1. The summed E-state index contributed by atoms with van der Waals surface area (Å²) in [7, 11) is -3.74. The first kappa shape index (κ1) is 17.4. The lowest BCUT2D eigenvalue weighted by Gasteiger charge is -2.10. The molecule has 0 radical (unpaired) electrons. The van der Waals surface area contributed by atoms with Gasteiger partial charge in [0.25, 0.3) is 15.9 Å². The van der Waals surface area contributed by atoms with Crippen molar-refractivity contribution in [1.82, 2.24) is 4.98 Å². The van der Waals surface area contributed by atoms with Crippen molar-refractivity contribution in [1.29, 1.82) is 0 Å². The van der Waals surface area contributed by atoms with Gasteiger partial charge >= 0.3 is 0 Å². The van der Waals surface area contributed by atoms with Gasteiger partial charge in [0.1, 0.15) is 0 Å². The van der Waals surface area contributed by atoms with E-state index in [1.165, 1.54) is 30.5 Å². The van der Waals surface area contributed by atoms with E-state index >= 15 is 0 Å². The first-order chi connectivity index (χ1) is 12.4.